The van der Waals surface area contributed by atoms with Crippen molar-refractivity contribution in [3.05, 3.63) is 78.4 Å². The Bertz CT molecular complexity index is 1560. The Morgan fingerprint density at radius 2 is 1.66 bits per heavy atom. The molecule has 5 rings (SSSR count). The van der Waals surface area contributed by atoms with Gasteiger partial charge in [0.15, 0.2) is 11.5 Å². The van der Waals surface area contributed by atoms with Crippen LogP contribution in [0.15, 0.2) is 77.7 Å². The maximum atomic E-state index is 14.2. The van der Waals surface area contributed by atoms with Crippen molar-refractivity contribution in [1.82, 2.24) is 10.2 Å². The number of sulfonamides is 1. The molecule has 0 aromatic heterocycles. The van der Waals surface area contributed by atoms with E-state index in [2.05, 4.69) is 5.32 Å². The van der Waals surface area contributed by atoms with E-state index in [1.807, 2.05) is 12.1 Å². The van der Waals surface area contributed by atoms with Gasteiger partial charge >= 0.3 is 0 Å². The van der Waals surface area contributed by atoms with Crippen LogP contribution in [0.4, 0.5) is 5.69 Å². The van der Waals surface area contributed by atoms with Crippen molar-refractivity contribution < 1.29 is 32.2 Å². The number of methoxy groups -OCH3 is 1. The number of fused-ring (bicyclic) bond motifs is 1. The van der Waals surface area contributed by atoms with Gasteiger partial charge in [0.2, 0.25) is 11.8 Å². The van der Waals surface area contributed by atoms with Crippen LogP contribution in [0.25, 0.3) is 0 Å². The summed E-state index contributed by atoms with van der Waals surface area (Å²) < 4.78 is 45.9. The van der Waals surface area contributed by atoms with E-state index in [9.17, 15) is 18.0 Å². The molecule has 2 aliphatic rings. The third-order valence-corrected chi connectivity index (χ3v) is 9.82. The average Bonchev–Trinajstić information content (AvgIpc) is 3.06. The fraction of sp³-hybridized carbons (Fsp3) is 0.394. The number of nitrogens with one attached hydrogen (secondary N) is 1. The predicted molar refractivity (Wildman–Crippen MR) is 166 cm³/mol. The quantitative estimate of drug-likeness (QED) is 0.335. The molecule has 1 N–H and O–H groups in total. The zero-order valence-corrected chi connectivity index (χ0v) is 25.9. The van der Waals surface area contributed by atoms with Crippen molar-refractivity contribution in [3.63, 3.8) is 0 Å². The Morgan fingerprint density at radius 3 is 2.39 bits per heavy atom. The van der Waals surface area contributed by atoms with Crippen molar-refractivity contribution in [2.24, 2.45) is 0 Å². The number of ether oxygens (including phenoxy) is 3. The Hall–Kier alpha value is -4.25. The third-order valence-electron chi connectivity index (χ3n) is 8.03. The minimum absolute atomic E-state index is 0.0325. The molecule has 0 bridgehead atoms. The monoisotopic (exact) mass is 621 g/mol. The van der Waals surface area contributed by atoms with Gasteiger partial charge in [-0.25, -0.2) is 8.42 Å². The van der Waals surface area contributed by atoms with Gasteiger partial charge in [-0.2, -0.15) is 0 Å². The molecule has 3 aromatic carbocycles. The Kier molecular flexibility index (Phi) is 9.94. The standard InChI is InChI=1S/C33H39N3O7S/c1-24(33(38)34-26-11-5-3-6-12-26)35(22-25-10-9-13-28(20-25)41-2)32(37)23-36(44(39,40)29-14-7-4-8-15-29)27-16-17-30-31(21-27)43-19-18-42-30/h4,7-10,13-17,20-21,24,26H,3,5-6,11-12,18-19,22-23H2,1-2H3,(H,34,38). The van der Waals surface area contributed by atoms with Crippen molar-refractivity contribution in [3.8, 4) is 17.2 Å². The van der Waals surface area contributed by atoms with Gasteiger partial charge in [-0.3, -0.25) is 13.9 Å². The fourth-order valence-corrected chi connectivity index (χ4v) is 6.98. The highest BCUT2D eigenvalue weighted by molar-refractivity contribution is 7.92. The second-order valence-electron chi connectivity index (χ2n) is 11.0. The molecule has 3 aromatic rings. The van der Waals surface area contributed by atoms with Gasteiger partial charge in [-0.15, -0.1) is 0 Å². The fourth-order valence-electron chi connectivity index (χ4n) is 5.55. The van der Waals surface area contributed by atoms with Gasteiger partial charge in [0, 0.05) is 18.7 Å². The Labute approximate surface area is 259 Å². The molecule has 234 valence electrons. The molecule has 44 heavy (non-hydrogen) atoms. The largest absolute Gasteiger partial charge is 0.497 e. The molecule has 1 fully saturated rings. The molecule has 1 unspecified atom stereocenters. The lowest BCUT2D eigenvalue weighted by Gasteiger charge is -2.33. The maximum Gasteiger partial charge on any atom is 0.264 e. The first-order chi connectivity index (χ1) is 21.3. The lowest BCUT2D eigenvalue weighted by molar-refractivity contribution is -0.139. The highest BCUT2D eigenvalue weighted by Crippen LogP contribution is 2.36. The highest BCUT2D eigenvalue weighted by Gasteiger charge is 2.34. The van der Waals surface area contributed by atoms with Gasteiger partial charge in [-0.05, 0) is 61.7 Å². The lowest BCUT2D eigenvalue weighted by Crippen LogP contribution is -2.53. The molecule has 1 atom stereocenters. The van der Waals surface area contributed by atoms with E-state index >= 15 is 0 Å². The first-order valence-corrected chi connectivity index (χ1v) is 16.4. The normalized spacial score (nSPS) is 15.6. The number of anilines is 1. The maximum absolute atomic E-state index is 14.2. The molecule has 2 amide bonds. The van der Waals surface area contributed by atoms with Gasteiger partial charge in [-0.1, -0.05) is 49.6 Å². The van der Waals surface area contributed by atoms with E-state index in [-0.39, 0.29) is 29.1 Å². The third kappa shape index (κ3) is 7.27. The van der Waals surface area contributed by atoms with Crippen LogP contribution < -0.4 is 23.8 Å². The first-order valence-electron chi connectivity index (χ1n) is 15.0. The predicted octanol–water partition coefficient (Wildman–Crippen LogP) is 4.53. The van der Waals surface area contributed by atoms with E-state index in [4.69, 9.17) is 14.2 Å². The second-order valence-corrected chi connectivity index (χ2v) is 12.9. The van der Waals surface area contributed by atoms with E-state index in [1.54, 1.807) is 62.6 Å². The Balaban J connectivity index is 1.49. The van der Waals surface area contributed by atoms with Crippen LogP contribution in [-0.4, -0.2) is 64.1 Å². The second kappa shape index (κ2) is 14.0. The van der Waals surface area contributed by atoms with Crippen LogP contribution in [0.3, 0.4) is 0 Å². The summed E-state index contributed by atoms with van der Waals surface area (Å²) >= 11 is 0. The summed E-state index contributed by atoms with van der Waals surface area (Å²) in [4.78, 5) is 29.2. The van der Waals surface area contributed by atoms with Crippen molar-refractivity contribution in [1.29, 1.82) is 0 Å². The zero-order valence-electron chi connectivity index (χ0n) is 25.1. The molecule has 0 radical (unpaired) electrons. The van der Waals surface area contributed by atoms with Crippen LogP contribution in [-0.2, 0) is 26.2 Å². The topological polar surface area (TPSA) is 114 Å². The molecule has 10 nitrogen and oxygen atoms in total. The molecule has 0 spiro atoms. The van der Waals surface area contributed by atoms with E-state index < -0.39 is 28.5 Å². The van der Waals surface area contributed by atoms with Gasteiger partial charge < -0.3 is 24.4 Å². The summed E-state index contributed by atoms with van der Waals surface area (Å²) in [5.74, 6) is 0.691. The summed E-state index contributed by atoms with van der Waals surface area (Å²) in [6.45, 7) is 1.92. The Morgan fingerprint density at radius 1 is 0.932 bits per heavy atom. The SMILES string of the molecule is COc1cccc(CN(C(=O)CN(c2ccc3c(c2)OCCO3)S(=O)(=O)c2ccccc2)C(C)C(=O)NC2CCCCC2)c1. The minimum atomic E-state index is -4.19. The zero-order chi connectivity index (χ0) is 31.1. The van der Waals surface area contributed by atoms with Crippen LogP contribution >= 0.6 is 0 Å². The number of hydrogen-bond donors (Lipinski definition) is 1. The van der Waals surface area contributed by atoms with E-state index in [1.165, 1.54) is 17.0 Å². The van der Waals surface area contributed by atoms with Crippen LogP contribution in [0, 0.1) is 0 Å². The number of benzene rings is 3. The summed E-state index contributed by atoms with van der Waals surface area (Å²) in [6, 6.07) is 19.2. The van der Waals surface area contributed by atoms with Crippen molar-refractivity contribution in [2.75, 3.05) is 31.2 Å². The van der Waals surface area contributed by atoms with E-state index in [0.717, 1.165) is 42.0 Å². The number of hydrogen-bond acceptors (Lipinski definition) is 7. The number of carbonyl (C=O) groups is 2. The van der Waals surface area contributed by atoms with Crippen LogP contribution in [0.1, 0.15) is 44.6 Å². The van der Waals surface area contributed by atoms with Crippen molar-refractivity contribution >= 4 is 27.5 Å². The molecule has 1 heterocycles. The minimum Gasteiger partial charge on any atom is -0.497 e. The number of nitrogens with zero attached hydrogens (tertiary/aromatic N) is 2. The summed E-state index contributed by atoms with van der Waals surface area (Å²) in [7, 11) is -2.64. The molecule has 1 saturated carbocycles. The molecule has 1 aliphatic heterocycles. The molecule has 11 heteroatoms. The van der Waals surface area contributed by atoms with Crippen LogP contribution in [0.5, 0.6) is 17.2 Å². The lowest BCUT2D eigenvalue weighted by atomic mass is 9.95. The summed E-state index contributed by atoms with van der Waals surface area (Å²) in [5.41, 5.74) is 0.985. The van der Waals surface area contributed by atoms with Crippen molar-refractivity contribution in [2.45, 2.75) is 62.6 Å². The molecular weight excluding hydrogens is 582 g/mol. The highest BCUT2D eigenvalue weighted by atomic mass is 32.2. The molecule has 0 saturated heterocycles. The summed E-state index contributed by atoms with van der Waals surface area (Å²) in [6.07, 6.45) is 5.04. The van der Waals surface area contributed by atoms with E-state index in [0.29, 0.717) is 30.5 Å². The molecular formula is C33H39N3O7S. The molecule has 1 aliphatic carbocycles. The first kappa shape index (κ1) is 31.2. The van der Waals surface area contributed by atoms with Gasteiger partial charge in [0.05, 0.1) is 17.7 Å². The number of rotatable bonds is 11. The van der Waals surface area contributed by atoms with Crippen LogP contribution in [0.2, 0.25) is 0 Å². The summed E-state index contributed by atoms with van der Waals surface area (Å²) in [5, 5.41) is 3.12. The van der Waals surface area contributed by atoms with Gasteiger partial charge in [0.25, 0.3) is 10.0 Å². The average molecular weight is 622 g/mol. The smallest absolute Gasteiger partial charge is 0.264 e. The number of carbonyl (C=O) groups excluding carboxylic acids is 2. The van der Waals surface area contributed by atoms with Gasteiger partial charge in [0.1, 0.15) is 31.5 Å². The number of amides is 2.